The molecular formula is C12H24N2O4. The fourth-order valence-electron chi connectivity index (χ4n) is 1.65. The Kier molecular flexibility index (Phi) is 4.58. The number of carbonyl (C=O) groups is 1. The molecule has 1 fully saturated rings. The molecule has 1 rings (SSSR count). The van der Waals surface area contributed by atoms with E-state index in [0.29, 0.717) is 19.7 Å². The van der Waals surface area contributed by atoms with E-state index < -0.39 is 17.3 Å². The number of hydrogen-bond acceptors (Lipinski definition) is 5. The molecule has 0 aliphatic carbocycles. The summed E-state index contributed by atoms with van der Waals surface area (Å²) in [5.74, 6) is 0. The van der Waals surface area contributed by atoms with Crippen LogP contribution in [0.2, 0.25) is 0 Å². The van der Waals surface area contributed by atoms with Crippen molar-refractivity contribution in [1.82, 2.24) is 4.90 Å². The van der Waals surface area contributed by atoms with E-state index >= 15 is 0 Å². The zero-order valence-corrected chi connectivity index (χ0v) is 11.6. The molecule has 6 heteroatoms. The fraction of sp³-hybridized carbons (Fsp3) is 0.917. The van der Waals surface area contributed by atoms with Crippen LogP contribution in [0.5, 0.6) is 0 Å². The lowest BCUT2D eigenvalue weighted by atomic mass is 9.98. The van der Waals surface area contributed by atoms with Gasteiger partial charge >= 0.3 is 6.09 Å². The Labute approximate surface area is 108 Å². The van der Waals surface area contributed by atoms with Crippen LogP contribution in [0, 0.1) is 0 Å². The minimum Gasteiger partial charge on any atom is -0.444 e. The maximum absolute atomic E-state index is 11.9. The van der Waals surface area contributed by atoms with Crippen molar-refractivity contribution < 1.29 is 19.4 Å². The summed E-state index contributed by atoms with van der Waals surface area (Å²) in [6, 6.07) is 0. The Bertz CT molecular complexity index is 299. The van der Waals surface area contributed by atoms with Crippen LogP contribution >= 0.6 is 0 Å². The average Bonchev–Trinajstić information content (AvgIpc) is 2.27. The van der Waals surface area contributed by atoms with Crippen LogP contribution in [0.4, 0.5) is 4.79 Å². The van der Waals surface area contributed by atoms with Crippen LogP contribution in [0.3, 0.4) is 0 Å². The molecule has 2 unspecified atom stereocenters. The molecule has 106 valence electrons. The molecule has 1 aliphatic rings. The predicted octanol–water partition coefficient (Wildman–Crippen LogP) is 0.332. The molecule has 0 bridgehead atoms. The molecule has 1 amide bonds. The van der Waals surface area contributed by atoms with E-state index in [9.17, 15) is 9.90 Å². The highest BCUT2D eigenvalue weighted by atomic mass is 16.6. The third-order valence-corrected chi connectivity index (χ3v) is 2.83. The van der Waals surface area contributed by atoms with Crippen molar-refractivity contribution in [1.29, 1.82) is 0 Å². The van der Waals surface area contributed by atoms with E-state index in [0.717, 1.165) is 0 Å². The maximum Gasteiger partial charge on any atom is 0.410 e. The largest absolute Gasteiger partial charge is 0.444 e. The predicted molar refractivity (Wildman–Crippen MR) is 67.2 cm³/mol. The zero-order chi connectivity index (χ0) is 14.0. The van der Waals surface area contributed by atoms with Crippen molar-refractivity contribution in [3.63, 3.8) is 0 Å². The second-order valence-corrected chi connectivity index (χ2v) is 5.85. The Hall–Kier alpha value is -0.850. The van der Waals surface area contributed by atoms with Crippen LogP contribution in [0.1, 0.15) is 27.7 Å². The third-order valence-electron chi connectivity index (χ3n) is 2.83. The highest BCUT2D eigenvalue weighted by molar-refractivity contribution is 5.68. The van der Waals surface area contributed by atoms with Crippen molar-refractivity contribution in [2.45, 2.75) is 45.0 Å². The molecule has 6 nitrogen and oxygen atoms in total. The molecule has 0 saturated carbocycles. The number of amides is 1. The molecule has 0 radical (unpaired) electrons. The number of ether oxygens (including phenoxy) is 2. The molecule has 0 aromatic heterocycles. The lowest BCUT2D eigenvalue weighted by Gasteiger charge is -2.39. The van der Waals surface area contributed by atoms with E-state index in [4.69, 9.17) is 15.2 Å². The molecule has 2 atom stereocenters. The van der Waals surface area contributed by atoms with Gasteiger partial charge in [0.1, 0.15) is 17.3 Å². The van der Waals surface area contributed by atoms with Gasteiger partial charge in [0.15, 0.2) is 0 Å². The fourth-order valence-corrected chi connectivity index (χ4v) is 1.65. The van der Waals surface area contributed by atoms with Gasteiger partial charge in [0, 0.05) is 13.1 Å². The number of morpholine rings is 1. The van der Waals surface area contributed by atoms with Gasteiger partial charge in [-0.1, -0.05) is 0 Å². The highest BCUT2D eigenvalue weighted by Crippen LogP contribution is 2.19. The second kappa shape index (κ2) is 5.42. The smallest absolute Gasteiger partial charge is 0.410 e. The first-order chi connectivity index (χ1) is 8.15. The highest BCUT2D eigenvalue weighted by Gasteiger charge is 2.37. The Morgan fingerprint density at radius 3 is 2.61 bits per heavy atom. The first kappa shape index (κ1) is 15.2. The number of nitrogens with two attached hydrogens (primary N) is 1. The van der Waals surface area contributed by atoms with Crippen LogP contribution in [0.15, 0.2) is 0 Å². The molecule has 1 saturated heterocycles. The number of carbonyl (C=O) groups excluding carboxylic acids is 1. The van der Waals surface area contributed by atoms with Gasteiger partial charge in [0.05, 0.1) is 13.2 Å². The lowest BCUT2D eigenvalue weighted by Crippen LogP contribution is -2.57. The Morgan fingerprint density at radius 1 is 1.50 bits per heavy atom. The monoisotopic (exact) mass is 260 g/mol. The molecule has 0 spiro atoms. The van der Waals surface area contributed by atoms with Crippen molar-refractivity contribution in [3.8, 4) is 0 Å². The normalized spacial score (nSPS) is 24.6. The molecule has 1 aliphatic heterocycles. The van der Waals surface area contributed by atoms with E-state index in [1.807, 2.05) is 20.8 Å². The molecular weight excluding hydrogens is 236 g/mol. The van der Waals surface area contributed by atoms with Gasteiger partial charge in [-0.15, -0.1) is 0 Å². The van der Waals surface area contributed by atoms with Gasteiger partial charge in [0.25, 0.3) is 0 Å². The van der Waals surface area contributed by atoms with E-state index in [1.165, 1.54) is 0 Å². The van der Waals surface area contributed by atoms with Crippen LogP contribution in [-0.4, -0.2) is 59.6 Å². The summed E-state index contributed by atoms with van der Waals surface area (Å²) in [5.41, 5.74) is 3.83. The minimum atomic E-state index is -1.14. The summed E-state index contributed by atoms with van der Waals surface area (Å²) < 4.78 is 10.8. The van der Waals surface area contributed by atoms with Gasteiger partial charge < -0.3 is 25.2 Å². The van der Waals surface area contributed by atoms with Crippen LogP contribution in [-0.2, 0) is 9.47 Å². The first-order valence-electron chi connectivity index (χ1n) is 6.18. The van der Waals surface area contributed by atoms with Gasteiger partial charge in [-0.3, -0.25) is 0 Å². The Balaban J connectivity index is 2.61. The summed E-state index contributed by atoms with van der Waals surface area (Å²) in [6.45, 7) is 8.28. The lowest BCUT2D eigenvalue weighted by molar-refractivity contribution is -0.129. The molecule has 0 aromatic carbocycles. The second-order valence-electron chi connectivity index (χ2n) is 5.85. The molecule has 3 N–H and O–H groups in total. The minimum absolute atomic E-state index is 0.0832. The van der Waals surface area contributed by atoms with Gasteiger partial charge in [0.2, 0.25) is 0 Å². The molecule has 1 heterocycles. The average molecular weight is 260 g/mol. The van der Waals surface area contributed by atoms with E-state index in [-0.39, 0.29) is 12.6 Å². The quantitative estimate of drug-likeness (QED) is 0.747. The summed E-state index contributed by atoms with van der Waals surface area (Å²) in [4.78, 5) is 13.5. The van der Waals surface area contributed by atoms with E-state index in [1.54, 1.807) is 11.8 Å². The van der Waals surface area contributed by atoms with Crippen LogP contribution < -0.4 is 5.73 Å². The van der Waals surface area contributed by atoms with Crippen LogP contribution in [0.25, 0.3) is 0 Å². The maximum atomic E-state index is 11.9. The number of aliphatic hydroxyl groups is 1. The van der Waals surface area contributed by atoms with Gasteiger partial charge in [-0.2, -0.15) is 0 Å². The number of rotatable bonds is 2. The van der Waals surface area contributed by atoms with Gasteiger partial charge in [-0.05, 0) is 27.7 Å². The first-order valence-corrected chi connectivity index (χ1v) is 6.18. The summed E-state index contributed by atoms with van der Waals surface area (Å²) in [7, 11) is 0. The SMILES string of the molecule is CC(C)(C)OC(=O)N1CCOC(C(C)(O)CN)C1. The third kappa shape index (κ3) is 4.12. The molecule has 0 aromatic rings. The van der Waals surface area contributed by atoms with Crippen molar-refractivity contribution in [3.05, 3.63) is 0 Å². The summed E-state index contributed by atoms with van der Waals surface area (Å²) in [5, 5.41) is 10.1. The van der Waals surface area contributed by atoms with Crippen molar-refractivity contribution >= 4 is 6.09 Å². The zero-order valence-electron chi connectivity index (χ0n) is 11.6. The molecule has 18 heavy (non-hydrogen) atoms. The van der Waals surface area contributed by atoms with Crippen molar-refractivity contribution in [2.24, 2.45) is 5.73 Å². The Morgan fingerprint density at radius 2 is 2.11 bits per heavy atom. The number of nitrogens with zero attached hydrogens (tertiary/aromatic N) is 1. The number of hydrogen-bond donors (Lipinski definition) is 2. The summed E-state index contributed by atoms with van der Waals surface area (Å²) in [6.07, 6.45) is -0.868. The standard InChI is InChI=1S/C12H24N2O4/c1-11(2,3)18-10(15)14-5-6-17-9(7-14)12(4,16)8-13/h9,16H,5-8,13H2,1-4H3. The van der Waals surface area contributed by atoms with E-state index in [2.05, 4.69) is 0 Å². The topological polar surface area (TPSA) is 85.0 Å². The summed E-state index contributed by atoms with van der Waals surface area (Å²) >= 11 is 0. The van der Waals surface area contributed by atoms with Gasteiger partial charge in [-0.25, -0.2) is 4.79 Å². The van der Waals surface area contributed by atoms with Crippen molar-refractivity contribution in [2.75, 3.05) is 26.2 Å².